The average molecular weight is 457 g/mol. The van der Waals surface area contributed by atoms with Gasteiger partial charge in [-0.1, -0.05) is 32.0 Å². The van der Waals surface area contributed by atoms with Crippen molar-refractivity contribution in [2.24, 2.45) is 0 Å². The molecule has 168 valence electrons. The fraction of sp³-hybridized carbons (Fsp3) is 0.304. The molecule has 0 bridgehead atoms. The molecule has 0 spiro atoms. The van der Waals surface area contributed by atoms with Crippen LogP contribution in [0.5, 0.6) is 11.6 Å². The molecule has 0 unspecified atom stereocenters. The molecular formula is C23H25FN4O3S. The Bertz CT molecular complexity index is 1160. The Balaban J connectivity index is 1.52. The van der Waals surface area contributed by atoms with Gasteiger partial charge in [0.15, 0.2) is 0 Å². The van der Waals surface area contributed by atoms with E-state index in [9.17, 15) is 12.8 Å². The predicted octanol–water partition coefficient (Wildman–Crippen LogP) is 4.04. The van der Waals surface area contributed by atoms with Crippen LogP contribution >= 0.6 is 0 Å². The van der Waals surface area contributed by atoms with Gasteiger partial charge in [-0.2, -0.15) is 9.29 Å². The molecule has 0 radical (unpaired) electrons. The summed E-state index contributed by atoms with van der Waals surface area (Å²) in [6.45, 7) is 5.64. The summed E-state index contributed by atoms with van der Waals surface area (Å²) in [4.78, 5) is 11.4. The molecule has 0 saturated carbocycles. The third-order valence-corrected chi connectivity index (χ3v) is 7.15. The molecule has 1 aliphatic heterocycles. The molecule has 3 aromatic rings. The molecule has 0 N–H and O–H groups in total. The zero-order valence-corrected chi connectivity index (χ0v) is 18.8. The van der Waals surface area contributed by atoms with Crippen molar-refractivity contribution in [1.82, 2.24) is 14.3 Å². The largest absolute Gasteiger partial charge is 0.439 e. The van der Waals surface area contributed by atoms with Gasteiger partial charge in [0, 0.05) is 32.2 Å². The number of aromatic nitrogens is 2. The molecule has 2 aromatic carbocycles. The SMILES string of the molecule is CC(C)c1cc(Oc2ccc(F)cc2)nc(N2CCN(S(=O)(=O)c3ccccc3)CC2)n1. The van der Waals surface area contributed by atoms with Gasteiger partial charge in [-0.25, -0.2) is 17.8 Å². The van der Waals surface area contributed by atoms with E-state index >= 15 is 0 Å². The number of hydrogen-bond donors (Lipinski definition) is 0. The van der Waals surface area contributed by atoms with Gasteiger partial charge in [0.05, 0.1) is 10.6 Å². The first kappa shape index (κ1) is 22.2. The first-order valence-electron chi connectivity index (χ1n) is 10.5. The van der Waals surface area contributed by atoms with Gasteiger partial charge in [0.2, 0.25) is 21.9 Å². The standard InChI is InChI=1S/C23H25FN4O3S/c1-17(2)21-16-22(31-19-10-8-18(24)9-11-19)26-23(25-21)27-12-14-28(15-13-27)32(29,30)20-6-4-3-5-7-20/h3-11,16-17H,12-15H2,1-2H3. The van der Waals surface area contributed by atoms with Crippen molar-refractivity contribution in [2.75, 3.05) is 31.1 Å². The number of rotatable bonds is 6. The molecule has 1 aliphatic rings. The van der Waals surface area contributed by atoms with Crippen molar-refractivity contribution < 1.29 is 17.5 Å². The van der Waals surface area contributed by atoms with Crippen LogP contribution in [0.25, 0.3) is 0 Å². The van der Waals surface area contributed by atoms with Crippen molar-refractivity contribution in [3.8, 4) is 11.6 Å². The molecule has 1 saturated heterocycles. The van der Waals surface area contributed by atoms with Crippen molar-refractivity contribution in [3.63, 3.8) is 0 Å². The topological polar surface area (TPSA) is 75.6 Å². The van der Waals surface area contributed by atoms with E-state index in [1.54, 1.807) is 48.5 Å². The molecule has 0 aliphatic carbocycles. The van der Waals surface area contributed by atoms with Crippen molar-refractivity contribution in [2.45, 2.75) is 24.7 Å². The van der Waals surface area contributed by atoms with E-state index in [1.165, 1.54) is 16.4 Å². The number of halogens is 1. The summed E-state index contributed by atoms with van der Waals surface area (Å²) < 4.78 is 46.3. The van der Waals surface area contributed by atoms with Gasteiger partial charge >= 0.3 is 0 Å². The van der Waals surface area contributed by atoms with Crippen LogP contribution in [0.4, 0.5) is 10.3 Å². The quantitative estimate of drug-likeness (QED) is 0.557. The van der Waals surface area contributed by atoms with Crippen LogP contribution in [0.2, 0.25) is 0 Å². The molecule has 4 rings (SSSR count). The first-order valence-corrected chi connectivity index (χ1v) is 11.9. The van der Waals surface area contributed by atoms with E-state index in [1.807, 2.05) is 18.7 Å². The first-order chi connectivity index (χ1) is 15.3. The highest BCUT2D eigenvalue weighted by Crippen LogP contribution is 2.27. The minimum absolute atomic E-state index is 0.145. The number of piperazine rings is 1. The third kappa shape index (κ3) is 4.89. The highest BCUT2D eigenvalue weighted by Gasteiger charge is 2.29. The van der Waals surface area contributed by atoms with Crippen LogP contribution in [0.15, 0.2) is 65.6 Å². The summed E-state index contributed by atoms with van der Waals surface area (Å²) in [5, 5.41) is 0. The number of ether oxygens (including phenoxy) is 1. The molecule has 0 amide bonds. The van der Waals surface area contributed by atoms with E-state index in [4.69, 9.17) is 4.74 Å². The van der Waals surface area contributed by atoms with Gasteiger partial charge in [-0.3, -0.25) is 0 Å². The van der Waals surface area contributed by atoms with Gasteiger partial charge in [-0.15, -0.1) is 0 Å². The van der Waals surface area contributed by atoms with Crippen molar-refractivity contribution >= 4 is 16.0 Å². The number of sulfonamides is 1. The van der Waals surface area contributed by atoms with E-state index in [0.717, 1.165) is 5.69 Å². The minimum atomic E-state index is -3.53. The lowest BCUT2D eigenvalue weighted by atomic mass is 10.1. The highest BCUT2D eigenvalue weighted by molar-refractivity contribution is 7.89. The highest BCUT2D eigenvalue weighted by atomic mass is 32.2. The minimum Gasteiger partial charge on any atom is -0.439 e. The van der Waals surface area contributed by atoms with Gasteiger partial charge < -0.3 is 9.64 Å². The van der Waals surface area contributed by atoms with E-state index in [0.29, 0.717) is 48.7 Å². The lowest BCUT2D eigenvalue weighted by molar-refractivity contribution is 0.381. The summed E-state index contributed by atoms with van der Waals surface area (Å²) in [5.41, 5.74) is 0.812. The number of anilines is 1. The number of hydrogen-bond acceptors (Lipinski definition) is 6. The summed E-state index contributed by atoms with van der Waals surface area (Å²) in [6, 6.07) is 16.0. The third-order valence-electron chi connectivity index (χ3n) is 5.24. The Kier molecular flexibility index (Phi) is 6.38. The van der Waals surface area contributed by atoms with E-state index in [-0.39, 0.29) is 11.7 Å². The van der Waals surface area contributed by atoms with Crippen LogP contribution in [-0.4, -0.2) is 48.9 Å². The monoisotopic (exact) mass is 456 g/mol. The van der Waals surface area contributed by atoms with Crippen molar-refractivity contribution in [1.29, 1.82) is 0 Å². The Labute approximate surface area is 187 Å². The number of benzene rings is 2. The molecule has 32 heavy (non-hydrogen) atoms. The van der Waals surface area contributed by atoms with Crippen LogP contribution in [0.3, 0.4) is 0 Å². The molecule has 7 nitrogen and oxygen atoms in total. The summed E-state index contributed by atoms with van der Waals surface area (Å²) in [5.74, 6) is 1.14. The summed E-state index contributed by atoms with van der Waals surface area (Å²) >= 11 is 0. The van der Waals surface area contributed by atoms with Crippen molar-refractivity contribution in [3.05, 3.63) is 72.2 Å². The fourth-order valence-corrected chi connectivity index (χ4v) is 4.86. The Morgan fingerprint density at radius 3 is 2.22 bits per heavy atom. The Hall–Kier alpha value is -3.04. The summed E-state index contributed by atoms with van der Waals surface area (Å²) in [7, 11) is -3.53. The maximum absolute atomic E-state index is 13.2. The van der Waals surface area contributed by atoms with Gasteiger partial charge in [0.25, 0.3) is 0 Å². The van der Waals surface area contributed by atoms with E-state index in [2.05, 4.69) is 9.97 Å². The van der Waals surface area contributed by atoms with Gasteiger partial charge in [-0.05, 0) is 42.3 Å². The van der Waals surface area contributed by atoms with Gasteiger partial charge in [0.1, 0.15) is 11.6 Å². The molecule has 0 atom stereocenters. The second-order valence-corrected chi connectivity index (χ2v) is 9.78. The smallest absolute Gasteiger partial charge is 0.243 e. The second-order valence-electron chi connectivity index (χ2n) is 7.85. The zero-order valence-electron chi connectivity index (χ0n) is 18.0. The average Bonchev–Trinajstić information content (AvgIpc) is 2.81. The van der Waals surface area contributed by atoms with Crippen LogP contribution < -0.4 is 9.64 Å². The Morgan fingerprint density at radius 2 is 1.59 bits per heavy atom. The van der Waals surface area contributed by atoms with Crippen LogP contribution in [-0.2, 0) is 10.0 Å². The summed E-state index contributed by atoms with van der Waals surface area (Å²) in [6.07, 6.45) is 0. The molecular weight excluding hydrogens is 431 g/mol. The molecule has 2 heterocycles. The van der Waals surface area contributed by atoms with Crippen LogP contribution in [0.1, 0.15) is 25.5 Å². The molecule has 1 aromatic heterocycles. The normalized spacial score (nSPS) is 15.2. The molecule has 1 fully saturated rings. The maximum Gasteiger partial charge on any atom is 0.243 e. The fourth-order valence-electron chi connectivity index (χ4n) is 3.41. The van der Waals surface area contributed by atoms with Crippen LogP contribution in [0, 0.1) is 5.82 Å². The lowest BCUT2D eigenvalue weighted by Crippen LogP contribution is -2.49. The predicted molar refractivity (Wildman–Crippen MR) is 120 cm³/mol. The second kappa shape index (κ2) is 9.22. The lowest BCUT2D eigenvalue weighted by Gasteiger charge is -2.34. The molecule has 9 heteroatoms. The number of nitrogens with zero attached hydrogens (tertiary/aromatic N) is 4. The maximum atomic E-state index is 13.2. The van der Waals surface area contributed by atoms with E-state index < -0.39 is 10.0 Å². The zero-order chi connectivity index (χ0) is 22.7. The Morgan fingerprint density at radius 1 is 0.938 bits per heavy atom.